The zero-order valence-corrected chi connectivity index (χ0v) is 9.36. The lowest BCUT2D eigenvalue weighted by Crippen LogP contribution is -2.13. The Morgan fingerprint density at radius 3 is 2.78 bits per heavy atom. The van der Waals surface area contributed by atoms with Gasteiger partial charge in [0.25, 0.3) is 0 Å². The van der Waals surface area contributed by atoms with Crippen LogP contribution in [0.2, 0.25) is 0 Å². The Labute approximate surface area is 100 Å². The van der Waals surface area contributed by atoms with Crippen molar-refractivity contribution >= 4 is 11.5 Å². The van der Waals surface area contributed by atoms with Gasteiger partial charge in [-0.3, -0.25) is 4.40 Å². The maximum absolute atomic E-state index is 12.7. The molecule has 2 aromatic rings. The van der Waals surface area contributed by atoms with E-state index in [1.54, 1.807) is 6.92 Å². The van der Waals surface area contributed by atoms with Crippen LogP contribution in [0.5, 0.6) is 0 Å². The SMILES string of the molecule is CCOC(=O)c1cc(C(F)(F)F)cc2cncn12. The van der Waals surface area contributed by atoms with Crippen molar-refractivity contribution in [3.8, 4) is 0 Å². The standard InChI is InChI=1S/C11H9F3N2O2/c1-2-18-10(17)9-4-7(11(12,13)14)3-8-5-15-6-16(8)9/h3-6H,2H2,1H3. The third-order valence-corrected chi connectivity index (χ3v) is 2.33. The summed E-state index contributed by atoms with van der Waals surface area (Å²) in [6, 6.07) is 1.68. The maximum atomic E-state index is 12.7. The van der Waals surface area contributed by atoms with Crippen LogP contribution in [0, 0.1) is 0 Å². The molecule has 96 valence electrons. The number of halogens is 3. The van der Waals surface area contributed by atoms with Gasteiger partial charge >= 0.3 is 12.1 Å². The van der Waals surface area contributed by atoms with E-state index >= 15 is 0 Å². The van der Waals surface area contributed by atoms with Crippen LogP contribution >= 0.6 is 0 Å². The second-order valence-corrected chi connectivity index (χ2v) is 3.54. The number of alkyl halides is 3. The number of imidazole rings is 1. The van der Waals surface area contributed by atoms with Gasteiger partial charge in [-0.25, -0.2) is 9.78 Å². The van der Waals surface area contributed by atoms with Crippen LogP contribution < -0.4 is 0 Å². The van der Waals surface area contributed by atoms with Gasteiger partial charge < -0.3 is 4.74 Å². The number of hydrogen-bond donors (Lipinski definition) is 0. The molecule has 0 aliphatic heterocycles. The van der Waals surface area contributed by atoms with Crippen LogP contribution in [-0.2, 0) is 10.9 Å². The molecule has 0 spiro atoms. The lowest BCUT2D eigenvalue weighted by atomic mass is 10.2. The first-order valence-electron chi connectivity index (χ1n) is 5.14. The first kappa shape index (κ1) is 12.4. The van der Waals surface area contributed by atoms with Crippen LogP contribution in [0.4, 0.5) is 13.2 Å². The minimum atomic E-state index is -4.52. The molecule has 0 amide bonds. The van der Waals surface area contributed by atoms with Crippen LogP contribution in [0.1, 0.15) is 23.0 Å². The Morgan fingerprint density at radius 2 is 2.17 bits per heavy atom. The van der Waals surface area contributed by atoms with Crippen LogP contribution in [0.3, 0.4) is 0 Å². The van der Waals surface area contributed by atoms with Crippen molar-refractivity contribution in [2.24, 2.45) is 0 Å². The molecule has 0 fully saturated rings. The highest BCUT2D eigenvalue weighted by Crippen LogP contribution is 2.31. The first-order chi connectivity index (χ1) is 8.43. The van der Waals surface area contributed by atoms with Crippen molar-refractivity contribution in [2.75, 3.05) is 6.61 Å². The lowest BCUT2D eigenvalue weighted by Gasteiger charge is -2.10. The molecule has 0 aliphatic rings. The summed E-state index contributed by atoms with van der Waals surface area (Å²) >= 11 is 0. The molecular formula is C11H9F3N2O2. The number of ether oxygens (including phenoxy) is 1. The summed E-state index contributed by atoms with van der Waals surface area (Å²) in [6.07, 6.45) is -2.01. The summed E-state index contributed by atoms with van der Waals surface area (Å²) < 4.78 is 44.0. The van der Waals surface area contributed by atoms with Gasteiger partial charge in [0.1, 0.15) is 5.69 Å². The Kier molecular flexibility index (Phi) is 2.98. The molecule has 0 bridgehead atoms. The molecule has 0 saturated carbocycles. The van der Waals surface area contributed by atoms with Gasteiger partial charge in [-0.2, -0.15) is 13.2 Å². The predicted octanol–water partition coefficient (Wildman–Crippen LogP) is 2.53. The second-order valence-electron chi connectivity index (χ2n) is 3.54. The minimum absolute atomic E-state index is 0.0886. The maximum Gasteiger partial charge on any atom is 0.416 e. The molecule has 4 nitrogen and oxygen atoms in total. The van der Waals surface area contributed by atoms with E-state index in [1.165, 1.54) is 16.9 Å². The molecule has 0 radical (unpaired) electrons. The van der Waals surface area contributed by atoms with Crippen LogP contribution in [0.25, 0.3) is 5.52 Å². The van der Waals surface area contributed by atoms with Crippen molar-refractivity contribution in [3.63, 3.8) is 0 Å². The van der Waals surface area contributed by atoms with E-state index in [9.17, 15) is 18.0 Å². The fraction of sp³-hybridized carbons (Fsp3) is 0.273. The molecular weight excluding hydrogens is 249 g/mol. The summed E-state index contributed by atoms with van der Waals surface area (Å²) in [6.45, 7) is 1.67. The molecule has 0 unspecified atom stereocenters. The van der Waals surface area contributed by atoms with Crippen LogP contribution in [0.15, 0.2) is 24.7 Å². The number of pyridine rings is 1. The Hall–Kier alpha value is -2.05. The van der Waals surface area contributed by atoms with E-state index in [2.05, 4.69) is 4.98 Å². The number of carbonyl (C=O) groups is 1. The van der Waals surface area contributed by atoms with E-state index in [4.69, 9.17) is 4.74 Å². The summed E-state index contributed by atoms with van der Waals surface area (Å²) in [4.78, 5) is 15.3. The van der Waals surface area contributed by atoms with Gasteiger partial charge in [0.2, 0.25) is 0 Å². The number of nitrogens with zero attached hydrogens (tertiary/aromatic N) is 2. The summed E-state index contributed by atoms with van der Waals surface area (Å²) in [5, 5.41) is 0. The predicted molar refractivity (Wildman–Crippen MR) is 56.2 cm³/mol. The minimum Gasteiger partial charge on any atom is -0.461 e. The average Bonchev–Trinajstić information content (AvgIpc) is 2.74. The second kappa shape index (κ2) is 4.32. The molecule has 2 heterocycles. The van der Waals surface area contributed by atoms with Crippen LogP contribution in [-0.4, -0.2) is 22.0 Å². The van der Waals surface area contributed by atoms with E-state index in [-0.39, 0.29) is 17.8 Å². The monoisotopic (exact) mass is 258 g/mol. The van der Waals surface area contributed by atoms with E-state index in [0.29, 0.717) is 0 Å². The number of fused-ring (bicyclic) bond motifs is 1. The molecule has 0 saturated heterocycles. The highest BCUT2D eigenvalue weighted by molar-refractivity contribution is 5.89. The van der Waals surface area contributed by atoms with Crippen molar-refractivity contribution in [3.05, 3.63) is 35.9 Å². The topological polar surface area (TPSA) is 43.6 Å². The van der Waals surface area contributed by atoms with Crippen molar-refractivity contribution in [2.45, 2.75) is 13.1 Å². The molecule has 0 atom stereocenters. The van der Waals surface area contributed by atoms with E-state index in [0.717, 1.165) is 12.1 Å². The lowest BCUT2D eigenvalue weighted by molar-refractivity contribution is -0.137. The quantitative estimate of drug-likeness (QED) is 0.777. The number of hydrogen-bond acceptors (Lipinski definition) is 3. The van der Waals surface area contributed by atoms with E-state index in [1.807, 2.05) is 0 Å². The molecule has 18 heavy (non-hydrogen) atoms. The Morgan fingerprint density at radius 1 is 1.44 bits per heavy atom. The van der Waals surface area contributed by atoms with E-state index < -0.39 is 17.7 Å². The van der Waals surface area contributed by atoms with Crippen molar-refractivity contribution in [1.29, 1.82) is 0 Å². The highest BCUT2D eigenvalue weighted by atomic mass is 19.4. The highest BCUT2D eigenvalue weighted by Gasteiger charge is 2.32. The summed E-state index contributed by atoms with van der Waals surface area (Å²) in [7, 11) is 0. The molecule has 2 rings (SSSR count). The van der Waals surface area contributed by atoms with Crippen molar-refractivity contribution < 1.29 is 22.7 Å². The largest absolute Gasteiger partial charge is 0.461 e. The average molecular weight is 258 g/mol. The van der Waals surface area contributed by atoms with Gasteiger partial charge in [-0.05, 0) is 19.1 Å². The first-order valence-corrected chi connectivity index (χ1v) is 5.14. The number of esters is 1. The molecule has 0 aliphatic carbocycles. The Bertz CT molecular complexity index is 589. The smallest absolute Gasteiger partial charge is 0.416 e. The van der Waals surface area contributed by atoms with Gasteiger partial charge in [0.15, 0.2) is 0 Å². The molecule has 0 N–H and O–H groups in total. The fourth-order valence-electron chi connectivity index (χ4n) is 1.56. The zero-order chi connectivity index (χ0) is 13.3. The zero-order valence-electron chi connectivity index (χ0n) is 9.36. The van der Waals surface area contributed by atoms with Gasteiger partial charge in [-0.1, -0.05) is 0 Å². The van der Waals surface area contributed by atoms with Crippen molar-refractivity contribution in [1.82, 2.24) is 9.38 Å². The van der Waals surface area contributed by atoms with Gasteiger partial charge in [-0.15, -0.1) is 0 Å². The number of carbonyl (C=O) groups excluding carboxylic acids is 1. The summed E-state index contributed by atoms with van der Waals surface area (Å²) in [5.41, 5.74) is -0.911. The number of aromatic nitrogens is 2. The molecule has 2 aromatic heterocycles. The molecule has 0 aromatic carbocycles. The summed E-state index contributed by atoms with van der Waals surface area (Å²) in [5.74, 6) is -0.813. The fourth-order valence-corrected chi connectivity index (χ4v) is 1.56. The van der Waals surface area contributed by atoms with Gasteiger partial charge in [0.05, 0.1) is 30.2 Å². The third kappa shape index (κ3) is 2.15. The van der Waals surface area contributed by atoms with Gasteiger partial charge in [0, 0.05) is 0 Å². The Balaban J connectivity index is 2.62. The molecule has 7 heteroatoms. The normalized spacial score (nSPS) is 11.8. The number of rotatable bonds is 2. The third-order valence-electron chi connectivity index (χ3n) is 2.33.